The lowest BCUT2D eigenvalue weighted by molar-refractivity contribution is -0.819. The molecule has 0 aromatic heterocycles. The molecule has 0 fully saturated rings. The van der Waals surface area contributed by atoms with E-state index in [1.165, 1.54) is 0 Å². The fraction of sp³-hybridized carbons (Fsp3) is 0.900. The second-order valence-corrected chi connectivity index (χ2v) is 7.52. The lowest BCUT2D eigenvalue weighted by Crippen LogP contribution is -2.68. The van der Waals surface area contributed by atoms with E-state index < -0.39 is 14.9 Å². The first kappa shape index (κ1) is 18.9. The van der Waals surface area contributed by atoms with Crippen molar-refractivity contribution in [1.29, 1.82) is 0 Å². The minimum atomic E-state index is -2.53. The van der Waals surface area contributed by atoms with Crippen molar-refractivity contribution < 1.29 is 27.3 Å². The van der Waals surface area contributed by atoms with Crippen LogP contribution in [-0.2, 0) is 18.1 Å². The van der Waals surface area contributed by atoms with E-state index in [-0.39, 0.29) is 0 Å². The maximum atomic E-state index is 8.89. The minimum absolute atomic E-state index is 0.660. The molecule has 6 nitrogen and oxygen atoms in total. The van der Waals surface area contributed by atoms with Gasteiger partial charge in [-0.3, -0.25) is 0 Å². The Bertz CT molecular complexity index is 206. The van der Waals surface area contributed by atoms with Crippen LogP contribution in [0.4, 0.5) is 0 Å². The van der Waals surface area contributed by atoms with E-state index in [0.29, 0.717) is 4.15 Å². The number of carbonyl (C=O) groups excluding carboxylic acids is 1. The largest absolute Gasteiger partial charge is 0.783 e. The van der Waals surface area contributed by atoms with E-state index in [4.69, 9.17) is 23.2 Å². The summed E-state index contributed by atoms with van der Waals surface area (Å²) in [7, 11) is 6.57. The minimum Gasteiger partial charge on any atom is -0.550 e. The summed E-state index contributed by atoms with van der Waals surface area (Å²) < 4.78 is 16.9. The van der Waals surface area contributed by atoms with Crippen molar-refractivity contribution in [1.82, 2.24) is 0 Å². The van der Waals surface area contributed by atoms with Crippen LogP contribution >= 0.6 is 0 Å². The third-order valence-corrected chi connectivity index (χ3v) is 5.55. The van der Waals surface area contributed by atoms with Gasteiger partial charge in [0.05, 0.1) is 20.6 Å². The van der Waals surface area contributed by atoms with Crippen LogP contribution in [0.3, 0.4) is 0 Å². The maximum Gasteiger partial charge on any atom is 0.783 e. The Hall–Kier alpha value is -0.473. The highest BCUT2D eigenvalue weighted by molar-refractivity contribution is 6.52. The number of nitrogens with zero attached hydrogens (tertiary/aromatic N) is 1. The highest BCUT2D eigenvalue weighted by Crippen LogP contribution is 2.18. The van der Waals surface area contributed by atoms with Crippen LogP contribution in [0.1, 0.15) is 20.3 Å². The summed E-state index contributed by atoms with van der Waals surface area (Å²) in [6, 6.07) is 0. The first-order valence-corrected chi connectivity index (χ1v) is 7.06. The Labute approximate surface area is 105 Å². The molecular formula is C10H25NO5Si. The molecule has 104 valence electrons. The molecule has 0 saturated heterocycles. The van der Waals surface area contributed by atoms with Gasteiger partial charge in [0.15, 0.2) is 0 Å². The number of hydrogen-bond acceptors (Lipinski definition) is 5. The van der Waals surface area contributed by atoms with Gasteiger partial charge in [-0.1, -0.05) is 6.92 Å². The van der Waals surface area contributed by atoms with Crippen molar-refractivity contribution in [2.24, 2.45) is 0 Å². The van der Waals surface area contributed by atoms with Gasteiger partial charge in [0.2, 0.25) is 0 Å². The monoisotopic (exact) mass is 267 g/mol. The average Bonchev–Trinajstić information content (AvgIpc) is 2.19. The highest BCUT2D eigenvalue weighted by atomic mass is 28.4. The third-order valence-electron chi connectivity index (χ3n) is 2.30. The van der Waals surface area contributed by atoms with E-state index in [2.05, 4.69) is 21.0 Å². The molecule has 0 aliphatic heterocycles. The summed E-state index contributed by atoms with van der Waals surface area (Å²) in [5.41, 5.74) is 0. The van der Waals surface area contributed by atoms with Crippen molar-refractivity contribution in [2.75, 3.05) is 42.0 Å². The summed E-state index contributed by atoms with van der Waals surface area (Å²) in [5.74, 6) is -1.08. The predicted octanol–water partition coefficient (Wildman–Crippen LogP) is -0.396. The predicted molar refractivity (Wildman–Crippen MR) is 64.7 cm³/mol. The van der Waals surface area contributed by atoms with Gasteiger partial charge in [0.25, 0.3) is 0 Å². The zero-order valence-corrected chi connectivity index (χ0v) is 12.9. The van der Waals surface area contributed by atoms with E-state index in [9.17, 15) is 0 Å². The van der Waals surface area contributed by atoms with Gasteiger partial charge in [-0.25, -0.2) is 0 Å². The topological polar surface area (TPSA) is 67.8 Å². The SMILES string of the molecule is CC(=O)[O-].CCC[N+](C)(C)[Si](OC)(OC)OC. The summed E-state index contributed by atoms with van der Waals surface area (Å²) >= 11 is 0. The summed E-state index contributed by atoms with van der Waals surface area (Å²) in [5, 5.41) is 8.89. The van der Waals surface area contributed by atoms with Crippen LogP contribution in [-0.4, -0.2) is 61.1 Å². The first-order chi connectivity index (χ1) is 7.72. The Balaban J connectivity index is 0. The quantitative estimate of drug-likeness (QED) is 0.613. The van der Waals surface area contributed by atoms with Crippen molar-refractivity contribution in [3.8, 4) is 0 Å². The number of quaternary nitrogens is 1. The molecule has 0 radical (unpaired) electrons. The van der Waals surface area contributed by atoms with Crippen molar-refractivity contribution in [3.05, 3.63) is 0 Å². The Morgan fingerprint density at radius 3 is 1.65 bits per heavy atom. The molecule has 7 heteroatoms. The zero-order chi connectivity index (χ0) is 14.1. The molecule has 0 aromatic rings. The molecule has 0 bridgehead atoms. The Morgan fingerprint density at radius 2 is 1.47 bits per heavy atom. The molecule has 0 N–H and O–H groups in total. The molecule has 0 atom stereocenters. The fourth-order valence-electron chi connectivity index (χ4n) is 1.69. The molecule has 0 heterocycles. The first-order valence-electron chi connectivity index (χ1n) is 5.39. The number of carbonyl (C=O) groups is 1. The summed E-state index contributed by atoms with van der Waals surface area (Å²) in [6.07, 6.45) is 1.08. The van der Waals surface area contributed by atoms with E-state index in [1.54, 1.807) is 21.3 Å². The molecule has 0 aliphatic rings. The van der Waals surface area contributed by atoms with E-state index >= 15 is 0 Å². The number of carboxylic acid groups (broad SMARTS) is 1. The van der Waals surface area contributed by atoms with Gasteiger partial charge in [-0.05, 0) is 13.3 Å². The van der Waals surface area contributed by atoms with Gasteiger partial charge < -0.3 is 27.3 Å². The number of carboxylic acids is 1. The molecule has 0 rings (SSSR count). The smallest absolute Gasteiger partial charge is 0.550 e. The number of rotatable bonds is 6. The van der Waals surface area contributed by atoms with Gasteiger partial charge >= 0.3 is 8.97 Å². The second-order valence-electron chi connectivity index (χ2n) is 4.04. The molecule has 0 aromatic carbocycles. The summed E-state index contributed by atoms with van der Waals surface area (Å²) in [6.45, 7) is 4.10. The molecule has 0 amide bonds. The Morgan fingerprint density at radius 1 is 1.18 bits per heavy atom. The van der Waals surface area contributed by atoms with Gasteiger partial charge in [-0.2, -0.15) is 0 Å². The molecule has 0 spiro atoms. The van der Waals surface area contributed by atoms with Crippen molar-refractivity contribution in [3.63, 3.8) is 0 Å². The van der Waals surface area contributed by atoms with Crippen molar-refractivity contribution >= 4 is 14.9 Å². The van der Waals surface area contributed by atoms with Crippen LogP contribution < -0.4 is 5.11 Å². The van der Waals surface area contributed by atoms with Crippen LogP contribution in [0.15, 0.2) is 0 Å². The molecule has 0 saturated carbocycles. The highest BCUT2D eigenvalue weighted by Gasteiger charge is 2.59. The normalized spacial score (nSPS) is 11.7. The average molecular weight is 267 g/mol. The van der Waals surface area contributed by atoms with Crippen LogP contribution in [0.25, 0.3) is 0 Å². The molecular weight excluding hydrogens is 242 g/mol. The zero-order valence-electron chi connectivity index (χ0n) is 11.9. The third kappa shape index (κ3) is 6.13. The Kier molecular flexibility index (Phi) is 9.54. The van der Waals surface area contributed by atoms with E-state index in [0.717, 1.165) is 19.9 Å². The standard InChI is InChI=1S/C8H22NO3Si.C2H4O2/c1-7-8-9(2,3)13(10-4,11-5)12-6;1-2(3)4/h7-8H2,1-6H3;1H3,(H,3,4)/q+1;/p-1. The maximum absolute atomic E-state index is 8.89. The molecule has 0 unspecified atom stereocenters. The lowest BCUT2D eigenvalue weighted by atomic mass is 10.5. The molecule has 0 aliphatic carbocycles. The molecule has 17 heavy (non-hydrogen) atoms. The lowest BCUT2D eigenvalue weighted by Gasteiger charge is -2.39. The van der Waals surface area contributed by atoms with Crippen molar-refractivity contribution in [2.45, 2.75) is 20.3 Å². The van der Waals surface area contributed by atoms with Crippen LogP contribution in [0.2, 0.25) is 0 Å². The second kappa shape index (κ2) is 8.59. The van der Waals surface area contributed by atoms with Crippen LogP contribution in [0, 0.1) is 0 Å². The number of hydrogen-bond donors (Lipinski definition) is 0. The van der Waals surface area contributed by atoms with E-state index in [1.807, 2.05) is 0 Å². The fourth-order valence-corrected chi connectivity index (χ4v) is 4.17. The van der Waals surface area contributed by atoms with Gasteiger partial charge in [-0.15, -0.1) is 0 Å². The number of aliphatic carboxylic acids is 1. The summed E-state index contributed by atoms with van der Waals surface area (Å²) in [4.78, 5) is 8.89. The van der Waals surface area contributed by atoms with Gasteiger partial charge in [0, 0.05) is 27.3 Å². The van der Waals surface area contributed by atoms with Gasteiger partial charge in [0.1, 0.15) is 0 Å². The van der Waals surface area contributed by atoms with Crippen LogP contribution in [0.5, 0.6) is 0 Å².